The summed E-state index contributed by atoms with van der Waals surface area (Å²) in [6, 6.07) is 10.0. The quantitative estimate of drug-likeness (QED) is 0.675. The minimum absolute atomic E-state index is 0.370. The SMILES string of the molecule is CCCC[C@H](C)CC(=O)Cc1ccccc1. The molecule has 0 amide bonds. The van der Waals surface area contributed by atoms with E-state index in [0.29, 0.717) is 18.1 Å². The van der Waals surface area contributed by atoms with Crippen LogP contribution in [0.1, 0.15) is 45.1 Å². The average Bonchev–Trinajstić information content (AvgIpc) is 2.27. The van der Waals surface area contributed by atoms with Crippen LogP contribution >= 0.6 is 0 Å². The number of hydrogen-bond acceptors (Lipinski definition) is 1. The Morgan fingerprint density at radius 3 is 2.56 bits per heavy atom. The molecule has 0 saturated carbocycles. The molecule has 1 rings (SSSR count). The number of hydrogen-bond donors (Lipinski definition) is 0. The minimum Gasteiger partial charge on any atom is -0.299 e. The van der Waals surface area contributed by atoms with Gasteiger partial charge in [0.05, 0.1) is 0 Å². The molecule has 0 radical (unpaired) electrons. The highest BCUT2D eigenvalue weighted by molar-refractivity contribution is 5.81. The number of carbonyl (C=O) groups excluding carboxylic acids is 1. The van der Waals surface area contributed by atoms with Crippen molar-refractivity contribution >= 4 is 5.78 Å². The summed E-state index contributed by atoms with van der Waals surface area (Å²) in [5.41, 5.74) is 1.13. The predicted molar refractivity (Wildman–Crippen MR) is 68.5 cm³/mol. The van der Waals surface area contributed by atoms with Crippen molar-refractivity contribution in [2.45, 2.75) is 46.0 Å². The third-order valence-corrected chi connectivity index (χ3v) is 2.87. The van der Waals surface area contributed by atoms with Gasteiger partial charge in [-0.3, -0.25) is 4.79 Å². The van der Waals surface area contributed by atoms with Crippen molar-refractivity contribution in [1.29, 1.82) is 0 Å². The van der Waals surface area contributed by atoms with Crippen molar-refractivity contribution in [2.24, 2.45) is 5.92 Å². The third-order valence-electron chi connectivity index (χ3n) is 2.87. The van der Waals surface area contributed by atoms with Crippen LogP contribution in [0.25, 0.3) is 0 Å². The third kappa shape index (κ3) is 5.11. The van der Waals surface area contributed by atoms with E-state index in [0.717, 1.165) is 12.0 Å². The molecule has 1 heteroatoms. The first-order chi connectivity index (χ1) is 7.72. The van der Waals surface area contributed by atoms with Gasteiger partial charge in [0.1, 0.15) is 5.78 Å². The number of unbranched alkanes of at least 4 members (excludes halogenated alkanes) is 1. The van der Waals surface area contributed by atoms with Crippen LogP contribution in [0, 0.1) is 5.92 Å². The zero-order chi connectivity index (χ0) is 11.8. The van der Waals surface area contributed by atoms with Crippen LogP contribution in [0.2, 0.25) is 0 Å². The van der Waals surface area contributed by atoms with Gasteiger partial charge in [-0.25, -0.2) is 0 Å². The fraction of sp³-hybridized carbons (Fsp3) is 0.533. The zero-order valence-corrected chi connectivity index (χ0v) is 10.4. The Kier molecular flexibility index (Phi) is 5.84. The van der Waals surface area contributed by atoms with E-state index in [1.54, 1.807) is 0 Å². The second kappa shape index (κ2) is 7.21. The van der Waals surface area contributed by atoms with Crippen LogP contribution in [0.4, 0.5) is 0 Å². The summed E-state index contributed by atoms with van der Waals surface area (Å²) in [6.45, 7) is 4.37. The van der Waals surface area contributed by atoms with Crippen molar-refractivity contribution < 1.29 is 4.79 Å². The average molecular weight is 218 g/mol. The number of ketones is 1. The molecular weight excluding hydrogens is 196 g/mol. The van der Waals surface area contributed by atoms with Crippen LogP contribution in [-0.4, -0.2) is 5.78 Å². The van der Waals surface area contributed by atoms with Gasteiger partial charge < -0.3 is 0 Å². The first-order valence-electron chi connectivity index (χ1n) is 6.28. The van der Waals surface area contributed by atoms with Crippen molar-refractivity contribution in [3.05, 3.63) is 35.9 Å². The highest BCUT2D eigenvalue weighted by Gasteiger charge is 2.09. The Bertz CT molecular complexity index is 302. The number of benzene rings is 1. The first-order valence-corrected chi connectivity index (χ1v) is 6.28. The Morgan fingerprint density at radius 2 is 1.94 bits per heavy atom. The van der Waals surface area contributed by atoms with Gasteiger partial charge >= 0.3 is 0 Å². The molecule has 16 heavy (non-hydrogen) atoms. The van der Waals surface area contributed by atoms with Crippen LogP contribution in [0.15, 0.2) is 30.3 Å². The largest absolute Gasteiger partial charge is 0.299 e. The van der Waals surface area contributed by atoms with E-state index in [1.165, 1.54) is 19.3 Å². The lowest BCUT2D eigenvalue weighted by Gasteiger charge is -2.09. The minimum atomic E-state index is 0.370. The fourth-order valence-electron chi connectivity index (χ4n) is 1.94. The maximum Gasteiger partial charge on any atom is 0.137 e. The van der Waals surface area contributed by atoms with E-state index < -0.39 is 0 Å². The summed E-state index contributed by atoms with van der Waals surface area (Å²) >= 11 is 0. The van der Waals surface area contributed by atoms with Crippen LogP contribution in [-0.2, 0) is 11.2 Å². The van der Waals surface area contributed by atoms with Gasteiger partial charge in [-0.2, -0.15) is 0 Å². The first kappa shape index (κ1) is 13.0. The van der Waals surface area contributed by atoms with E-state index in [2.05, 4.69) is 13.8 Å². The molecule has 1 aromatic carbocycles. The number of rotatable bonds is 7. The molecule has 1 atom stereocenters. The Labute approximate surface area is 98.9 Å². The molecule has 0 aliphatic rings. The van der Waals surface area contributed by atoms with Crippen molar-refractivity contribution in [3.8, 4) is 0 Å². The molecule has 88 valence electrons. The monoisotopic (exact) mass is 218 g/mol. The normalized spacial score (nSPS) is 12.4. The summed E-state index contributed by atoms with van der Waals surface area (Å²) in [5, 5.41) is 0. The molecule has 1 nitrogen and oxygen atoms in total. The van der Waals surface area contributed by atoms with Crippen LogP contribution in [0.5, 0.6) is 0 Å². The van der Waals surface area contributed by atoms with Crippen LogP contribution in [0.3, 0.4) is 0 Å². The topological polar surface area (TPSA) is 17.1 Å². The lowest BCUT2D eigenvalue weighted by Crippen LogP contribution is -2.08. The van der Waals surface area contributed by atoms with E-state index in [-0.39, 0.29) is 0 Å². The van der Waals surface area contributed by atoms with Gasteiger partial charge in [-0.05, 0) is 11.5 Å². The molecule has 0 aromatic heterocycles. The molecular formula is C15H22O. The molecule has 0 N–H and O–H groups in total. The standard InChI is InChI=1S/C15H22O/c1-3-4-8-13(2)11-15(16)12-14-9-6-5-7-10-14/h5-7,9-10,13H,3-4,8,11-12H2,1-2H3/t13-/m0/s1. The summed E-state index contributed by atoms with van der Waals surface area (Å²) in [5.74, 6) is 0.908. The zero-order valence-electron chi connectivity index (χ0n) is 10.4. The Hall–Kier alpha value is -1.11. The van der Waals surface area contributed by atoms with Crippen LogP contribution < -0.4 is 0 Å². The summed E-state index contributed by atoms with van der Waals surface area (Å²) in [4.78, 5) is 11.8. The maximum absolute atomic E-state index is 11.8. The van der Waals surface area contributed by atoms with Crippen molar-refractivity contribution in [3.63, 3.8) is 0 Å². The lowest BCUT2D eigenvalue weighted by atomic mass is 9.95. The van der Waals surface area contributed by atoms with Crippen molar-refractivity contribution in [1.82, 2.24) is 0 Å². The van der Waals surface area contributed by atoms with E-state index >= 15 is 0 Å². The van der Waals surface area contributed by atoms with Crippen molar-refractivity contribution in [2.75, 3.05) is 0 Å². The predicted octanol–water partition coefficient (Wildman–Crippen LogP) is 4.01. The number of carbonyl (C=O) groups is 1. The summed E-state index contributed by atoms with van der Waals surface area (Å²) in [7, 11) is 0. The Morgan fingerprint density at radius 1 is 1.25 bits per heavy atom. The van der Waals surface area contributed by atoms with E-state index in [9.17, 15) is 4.79 Å². The highest BCUT2D eigenvalue weighted by Crippen LogP contribution is 2.13. The van der Waals surface area contributed by atoms with Gasteiger partial charge in [-0.15, -0.1) is 0 Å². The second-order valence-corrected chi connectivity index (χ2v) is 4.65. The van der Waals surface area contributed by atoms with Gasteiger partial charge in [-0.1, -0.05) is 63.4 Å². The molecule has 0 fully saturated rings. The molecule has 0 unspecified atom stereocenters. The smallest absolute Gasteiger partial charge is 0.137 e. The summed E-state index contributed by atoms with van der Waals surface area (Å²) in [6.07, 6.45) is 4.96. The van der Waals surface area contributed by atoms with Gasteiger partial charge in [0.2, 0.25) is 0 Å². The molecule has 1 aromatic rings. The fourth-order valence-corrected chi connectivity index (χ4v) is 1.94. The lowest BCUT2D eigenvalue weighted by molar-refractivity contribution is -0.119. The number of Topliss-reactive ketones (excluding diaryl/α,β-unsaturated/α-hetero) is 1. The molecule has 0 heterocycles. The maximum atomic E-state index is 11.8. The molecule has 0 aliphatic carbocycles. The van der Waals surface area contributed by atoms with Gasteiger partial charge in [0.25, 0.3) is 0 Å². The molecule has 0 saturated heterocycles. The summed E-state index contributed by atoms with van der Waals surface area (Å²) < 4.78 is 0. The van der Waals surface area contributed by atoms with Gasteiger partial charge in [0, 0.05) is 12.8 Å². The highest BCUT2D eigenvalue weighted by atomic mass is 16.1. The van der Waals surface area contributed by atoms with Gasteiger partial charge in [0.15, 0.2) is 0 Å². The Balaban J connectivity index is 2.31. The van der Waals surface area contributed by atoms with E-state index in [1.807, 2.05) is 30.3 Å². The van der Waals surface area contributed by atoms with E-state index in [4.69, 9.17) is 0 Å². The molecule has 0 aliphatic heterocycles. The molecule has 0 spiro atoms. The second-order valence-electron chi connectivity index (χ2n) is 4.65. The molecule has 0 bridgehead atoms.